The summed E-state index contributed by atoms with van der Waals surface area (Å²) in [5.74, 6) is 0. The number of benzene rings is 1. The van der Waals surface area contributed by atoms with Crippen LogP contribution in [0.2, 0.25) is 0 Å². The van der Waals surface area contributed by atoms with Gasteiger partial charge < -0.3 is 4.74 Å². The Balaban J connectivity index is 2.36. The molecule has 0 saturated carbocycles. The first kappa shape index (κ1) is 7.77. The molecule has 58 valence electrons. The first-order valence-electron chi connectivity index (χ1n) is 3.34. The lowest BCUT2D eigenvalue weighted by Crippen LogP contribution is -1.79. The van der Waals surface area contributed by atoms with Crippen LogP contribution in [-0.4, -0.2) is 6.61 Å². The molecule has 0 N–H and O–H groups in total. The van der Waals surface area contributed by atoms with Crippen molar-refractivity contribution in [2.24, 2.45) is 0 Å². The van der Waals surface area contributed by atoms with E-state index in [-0.39, 0.29) is 0 Å². The van der Waals surface area contributed by atoms with Crippen LogP contribution in [0.15, 0.2) is 27.1 Å². The van der Waals surface area contributed by atoms with Gasteiger partial charge in [0.25, 0.3) is 0 Å². The Morgan fingerprint density at radius 2 is 2.00 bits per heavy atom. The van der Waals surface area contributed by atoms with Crippen LogP contribution < -0.4 is 0 Å². The SMILES string of the molecule is Brc1ccc([C@@H]2CO2)cc1Br. The maximum Gasteiger partial charge on any atom is 0.106 e. The van der Waals surface area contributed by atoms with Gasteiger partial charge >= 0.3 is 0 Å². The van der Waals surface area contributed by atoms with E-state index in [9.17, 15) is 0 Å². The summed E-state index contributed by atoms with van der Waals surface area (Å²) in [6.07, 6.45) is 0.347. The van der Waals surface area contributed by atoms with Gasteiger partial charge in [0.15, 0.2) is 0 Å². The molecule has 1 atom stereocenters. The first-order valence-corrected chi connectivity index (χ1v) is 4.92. The van der Waals surface area contributed by atoms with Gasteiger partial charge in [-0.2, -0.15) is 0 Å². The summed E-state index contributed by atoms with van der Waals surface area (Å²) in [7, 11) is 0. The van der Waals surface area contributed by atoms with Gasteiger partial charge in [-0.15, -0.1) is 0 Å². The molecule has 0 spiro atoms. The third kappa shape index (κ3) is 1.66. The molecular formula is C8H6Br2O. The summed E-state index contributed by atoms with van der Waals surface area (Å²) in [5, 5.41) is 0. The van der Waals surface area contributed by atoms with E-state index >= 15 is 0 Å². The van der Waals surface area contributed by atoms with Gasteiger partial charge in [0.1, 0.15) is 6.10 Å². The second-order valence-electron chi connectivity index (χ2n) is 2.50. The zero-order chi connectivity index (χ0) is 7.84. The largest absolute Gasteiger partial charge is 0.368 e. The molecule has 2 rings (SSSR count). The number of rotatable bonds is 1. The lowest BCUT2D eigenvalue weighted by atomic mass is 10.2. The highest BCUT2D eigenvalue weighted by molar-refractivity contribution is 9.13. The highest BCUT2D eigenvalue weighted by atomic mass is 79.9. The maximum absolute atomic E-state index is 5.15. The molecule has 1 aromatic carbocycles. The van der Waals surface area contributed by atoms with Gasteiger partial charge in [-0.1, -0.05) is 6.07 Å². The lowest BCUT2D eigenvalue weighted by Gasteiger charge is -1.98. The van der Waals surface area contributed by atoms with Crippen molar-refractivity contribution in [2.75, 3.05) is 6.61 Å². The monoisotopic (exact) mass is 276 g/mol. The third-order valence-electron chi connectivity index (χ3n) is 1.65. The van der Waals surface area contributed by atoms with Crippen molar-refractivity contribution in [1.29, 1.82) is 0 Å². The third-order valence-corrected chi connectivity index (χ3v) is 3.53. The van der Waals surface area contributed by atoms with Gasteiger partial charge in [-0.05, 0) is 49.6 Å². The minimum atomic E-state index is 0.347. The smallest absolute Gasteiger partial charge is 0.106 e. The van der Waals surface area contributed by atoms with Crippen molar-refractivity contribution in [3.05, 3.63) is 32.7 Å². The summed E-state index contributed by atoms with van der Waals surface area (Å²) in [4.78, 5) is 0. The number of halogens is 2. The van der Waals surface area contributed by atoms with Crippen LogP contribution >= 0.6 is 31.9 Å². The van der Waals surface area contributed by atoms with E-state index in [1.807, 2.05) is 6.07 Å². The molecule has 1 fully saturated rings. The van der Waals surface area contributed by atoms with E-state index in [1.54, 1.807) is 0 Å². The number of epoxide rings is 1. The summed E-state index contributed by atoms with van der Waals surface area (Å²) < 4.78 is 7.33. The van der Waals surface area contributed by atoms with Crippen LogP contribution in [0.3, 0.4) is 0 Å². The van der Waals surface area contributed by atoms with Crippen LogP contribution in [0.5, 0.6) is 0 Å². The van der Waals surface area contributed by atoms with Crippen LogP contribution in [0, 0.1) is 0 Å². The molecule has 1 nitrogen and oxygen atoms in total. The Bertz CT molecular complexity index is 281. The fourth-order valence-electron chi connectivity index (χ4n) is 0.953. The lowest BCUT2D eigenvalue weighted by molar-refractivity contribution is 0.415. The van der Waals surface area contributed by atoms with Gasteiger partial charge in [-0.3, -0.25) is 0 Å². The van der Waals surface area contributed by atoms with Gasteiger partial charge in [0, 0.05) is 8.95 Å². The number of hydrogen-bond acceptors (Lipinski definition) is 1. The predicted octanol–water partition coefficient (Wildman–Crippen LogP) is 3.28. The standard InChI is InChI=1S/C8H6Br2O/c9-6-2-1-5(3-7(6)10)8-4-11-8/h1-3,8H,4H2/t8-/m0/s1. The molecule has 0 aliphatic carbocycles. The van der Waals surface area contributed by atoms with Crippen molar-refractivity contribution in [1.82, 2.24) is 0 Å². The second kappa shape index (κ2) is 2.88. The molecule has 1 aromatic rings. The second-order valence-corrected chi connectivity index (χ2v) is 4.20. The van der Waals surface area contributed by atoms with Crippen molar-refractivity contribution < 1.29 is 4.74 Å². The molecule has 0 bridgehead atoms. The average Bonchev–Trinajstić information content (AvgIpc) is 2.77. The average molecular weight is 278 g/mol. The molecular weight excluding hydrogens is 272 g/mol. The van der Waals surface area contributed by atoms with Crippen LogP contribution in [0.25, 0.3) is 0 Å². The number of ether oxygens (including phenoxy) is 1. The highest BCUT2D eigenvalue weighted by Gasteiger charge is 2.24. The quantitative estimate of drug-likeness (QED) is 0.718. The Kier molecular flexibility index (Phi) is 2.04. The molecule has 1 heterocycles. The Hall–Kier alpha value is 0.140. The van der Waals surface area contributed by atoms with Crippen molar-refractivity contribution in [3.63, 3.8) is 0 Å². The molecule has 1 aliphatic rings. The van der Waals surface area contributed by atoms with E-state index in [1.165, 1.54) is 5.56 Å². The topological polar surface area (TPSA) is 12.5 Å². The van der Waals surface area contributed by atoms with E-state index in [4.69, 9.17) is 4.74 Å². The zero-order valence-corrected chi connectivity index (χ0v) is 8.85. The Labute approximate surface area is 82.0 Å². The van der Waals surface area contributed by atoms with Gasteiger partial charge in [0.2, 0.25) is 0 Å². The van der Waals surface area contributed by atoms with E-state index < -0.39 is 0 Å². The van der Waals surface area contributed by atoms with Gasteiger partial charge in [-0.25, -0.2) is 0 Å². The summed E-state index contributed by atoms with van der Waals surface area (Å²) in [6, 6.07) is 6.19. The predicted molar refractivity (Wildman–Crippen MR) is 50.5 cm³/mol. The molecule has 1 aliphatic heterocycles. The highest BCUT2D eigenvalue weighted by Crippen LogP contribution is 2.33. The molecule has 0 amide bonds. The Morgan fingerprint density at radius 3 is 2.55 bits per heavy atom. The minimum absolute atomic E-state index is 0.347. The molecule has 3 heteroatoms. The van der Waals surface area contributed by atoms with E-state index in [0.717, 1.165) is 15.6 Å². The number of hydrogen-bond donors (Lipinski definition) is 0. The normalized spacial score (nSPS) is 21.8. The molecule has 1 saturated heterocycles. The maximum atomic E-state index is 5.15. The fourth-order valence-corrected chi connectivity index (χ4v) is 1.60. The molecule has 0 radical (unpaired) electrons. The van der Waals surface area contributed by atoms with Crippen molar-refractivity contribution in [3.8, 4) is 0 Å². The van der Waals surface area contributed by atoms with Crippen LogP contribution in [-0.2, 0) is 4.74 Å². The van der Waals surface area contributed by atoms with Crippen LogP contribution in [0.1, 0.15) is 11.7 Å². The first-order chi connectivity index (χ1) is 5.27. The minimum Gasteiger partial charge on any atom is -0.368 e. The van der Waals surface area contributed by atoms with Crippen molar-refractivity contribution >= 4 is 31.9 Å². The summed E-state index contributed by atoms with van der Waals surface area (Å²) in [6.45, 7) is 0.869. The van der Waals surface area contributed by atoms with Crippen LogP contribution in [0.4, 0.5) is 0 Å². The summed E-state index contributed by atoms with van der Waals surface area (Å²) in [5.41, 5.74) is 1.25. The molecule has 0 aromatic heterocycles. The van der Waals surface area contributed by atoms with Gasteiger partial charge in [0.05, 0.1) is 6.61 Å². The van der Waals surface area contributed by atoms with E-state index in [0.29, 0.717) is 6.10 Å². The van der Waals surface area contributed by atoms with E-state index in [2.05, 4.69) is 44.0 Å². The zero-order valence-electron chi connectivity index (χ0n) is 5.68. The molecule has 11 heavy (non-hydrogen) atoms. The molecule has 0 unspecified atom stereocenters. The fraction of sp³-hybridized carbons (Fsp3) is 0.250. The van der Waals surface area contributed by atoms with Crippen molar-refractivity contribution in [2.45, 2.75) is 6.10 Å². The summed E-state index contributed by atoms with van der Waals surface area (Å²) >= 11 is 6.85. The Morgan fingerprint density at radius 1 is 1.27 bits per heavy atom.